The summed E-state index contributed by atoms with van der Waals surface area (Å²) in [6.07, 6.45) is -0.624. The lowest BCUT2D eigenvalue weighted by Gasteiger charge is -2.28. The molecule has 0 spiro atoms. The lowest BCUT2D eigenvalue weighted by molar-refractivity contribution is -0.134. The van der Waals surface area contributed by atoms with Crippen LogP contribution in [-0.4, -0.2) is 22.2 Å². The summed E-state index contributed by atoms with van der Waals surface area (Å²) in [5.41, 5.74) is 0. The highest BCUT2D eigenvalue weighted by Gasteiger charge is 2.34. The van der Waals surface area contributed by atoms with Crippen LogP contribution >= 0.6 is 11.3 Å². The Balaban J connectivity index is 2.01. The van der Waals surface area contributed by atoms with E-state index in [4.69, 9.17) is 0 Å². The molecule has 1 fully saturated rings. The second-order valence-corrected chi connectivity index (χ2v) is 5.16. The smallest absolute Gasteiger partial charge is 0.391 e. The standard InChI is InChI=1S/C10H13F3N2OS/c11-10(12,13)8-5-14-9(17-8)15-6-3-1-2-4-7(6)16/h5-7,16H,1-4H2,(H,14,15). The van der Waals surface area contributed by atoms with Gasteiger partial charge in [-0.3, -0.25) is 0 Å². The van der Waals surface area contributed by atoms with Crippen molar-refractivity contribution in [2.45, 2.75) is 44.0 Å². The van der Waals surface area contributed by atoms with Gasteiger partial charge in [-0.2, -0.15) is 13.2 Å². The molecule has 0 aliphatic heterocycles. The normalized spacial score (nSPS) is 25.9. The number of aromatic nitrogens is 1. The second-order valence-electron chi connectivity index (χ2n) is 4.13. The van der Waals surface area contributed by atoms with Gasteiger partial charge in [0.05, 0.1) is 18.3 Å². The number of aliphatic hydroxyl groups is 1. The van der Waals surface area contributed by atoms with E-state index in [1.807, 2.05) is 0 Å². The molecule has 0 saturated heterocycles. The largest absolute Gasteiger partial charge is 0.427 e. The molecule has 3 nitrogen and oxygen atoms in total. The fraction of sp³-hybridized carbons (Fsp3) is 0.700. The number of hydrogen-bond donors (Lipinski definition) is 2. The minimum atomic E-state index is -4.34. The summed E-state index contributed by atoms with van der Waals surface area (Å²) in [5.74, 6) is 0. The lowest BCUT2D eigenvalue weighted by atomic mass is 9.93. The van der Waals surface area contributed by atoms with E-state index in [1.54, 1.807) is 0 Å². The number of aliphatic hydroxyl groups excluding tert-OH is 1. The Morgan fingerprint density at radius 3 is 2.65 bits per heavy atom. The molecule has 0 amide bonds. The van der Waals surface area contributed by atoms with Crippen LogP contribution in [0.4, 0.5) is 18.3 Å². The first-order valence-corrected chi connectivity index (χ1v) is 6.26. The van der Waals surface area contributed by atoms with Crippen LogP contribution < -0.4 is 5.32 Å². The molecule has 1 heterocycles. The predicted octanol–water partition coefficient (Wildman–Crippen LogP) is 2.88. The van der Waals surface area contributed by atoms with Gasteiger partial charge in [0.15, 0.2) is 5.13 Å². The minimum Gasteiger partial charge on any atom is -0.391 e. The summed E-state index contributed by atoms with van der Waals surface area (Å²) < 4.78 is 37.0. The zero-order chi connectivity index (χ0) is 12.5. The quantitative estimate of drug-likeness (QED) is 0.865. The molecule has 2 N–H and O–H groups in total. The monoisotopic (exact) mass is 266 g/mol. The predicted molar refractivity (Wildman–Crippen MR) is 59.0 cm³/mol. The molecule has 0 radical (unpaired) electrons. The van der Waals surface area contributed by atoms with Crippen molar-refractivity contribution in [2.24, 2.45) is 0 Å². The minimum absolute atomic E-state index is 0.184. The molecule has 7 heteroatoms. The summed E-state index contributed by atoms with van der Waals surface area (Å²) in [4.78, 5) is 2.97. The van der Waals surface area contributed by atoms with Crippen molar-refractivity contribution < 1.29 is 18.3 Å². The molecule has 96 valence electrons. The molecule has 2 atom stereocenters. The van der Waals surface area contributed by atoms with Gasteiger partial charge in [0.25, 0.3) is 0 Å². The van der Waals surface area contributed by atoms with Crippen molar-refractivity contribution in [3.05, 3.63) is 11.1 Å². The zero-order valence-corrected chi connectivity index (χ0v) is 9.81. The zero-order valence-electron chi connectivity index (χ0n) is 9.00. The fourth-order valence-electron chi connectivity index (χ4n) is 1.91. The van der Waals surface area contributed by atoms with Crippen molar-refractivity contribution in [1.29, 1.82) is 0 Å². The molecule has 1 saturated carbocycles. The average Bonchev–Trinajstić information content (AvgIpc) is 2.69. The molecule has 1 aliphatic rings. The van der Waals surface area contributed by atoms with Crippen molar-refractivity contribution in [1.82, 2.24) is 4.98 Å². The number of nitrogens with zero attached hydrogens (tertiary/aromatic N) is 1. The Morgan fingerprint density at radius 2 is 2.06 bits per heavy atom. The van der Waals surface area contributed by atoms with Gasteiger partial charge < -0.3 is 10.4 Å². The third-order valence-electron chi connectivity index (χ3n) is 2.82. The van der Waals surface area contributed by atoms with Gasteiger partial charge in [-0.05, 0) is 12.8 Å². The lowest BCUT2D eigenvalue weighted by Crippen LogP contribution is -2.36. The van der Waals surface area contributed by atoms with E-state index in [0.29, 0.717) is 17.8 Å². The average molecular weight is 266 g/mol. The van der Waals surface area contributed by atoms with Crippen molar-refractivity contribution >= 4 is 16.5 Å². The Kier molecular flexibility index (Phi) is 3.58. The molecular weight excluding hydrogens is 253 g/mol. The Bertz CT molecular complexity index is 380. The molecule has 0 bridgehead atoms. The van der Waals surface area contributed by atoms with Crippen molar-refractivity contribution in [3.63, 3.8) is 0 Å². The highest BCUT2D eigenvalue weighted by Crippen LogP contribution is 2.35. The van der Waals surface area contributed by atoms with Gasteiger partial charge in [0.1, 0.15) is 4.88 Å². The summed E-state index contributed by atoms with van der Waals surface area (Å²) in [6.45, 7) is 0. The first-order valence-electron chi connectivity index (χ1n) is 5.44. The van der Waals surface area contributed by atoms with Crippen LogP contribution in [0.25, 0.3) is 0 Å². The van der Waals surface area contributed by atoms with Gasteiger partial charge in [0, 0.05) is 0 Å². The number of thiazole rings is 1. The number of hydrogen-bond acceptors (Lipinski definition) is 4. The second kappa shape index (κ2) is 4.81. The van der Waals surface area contributed by atoms with Gasteiger partial charge in [-0.25, -0.2) is 4.98 Å². The fourth-order valence-corrected chi connectivity index (χ4v) is 2.66. The van der Waals surface area contributed by atoms with Gasteiger partial charge in [-0.1, -0.05) is 24.2 Å². The van der Waals surface area contributed by atoms with Crippen LogP contribution in [-0.2, 0) is 6.18 Å². The molecule has 17 heavy (non-hydrogen) atoms. The highest BCUT2D eigenvalue weighted by atomic mass is 32.1. The van der Waals surface area contributed by atoms with E-state index < -0.39 is 17.2 Å². The van der Waals surface area contributed by atoms with Gasteiger partial charge in [0.2, 0.25) is 0 Å². The Hall–Kier alpha value is -0.820. The van der Waals surface area contributed by atoms with Crippen molar-refractivity contribution in [2.75, 3.05) is 5.32 Å². The van der Waals surface area contributed by atoms with E-state index in [2.05, 4.69) is 10.3 Å². The first-order chi connectivity index (χ1) is 7.97. The van der Waals surface area contributed by atoms with Crippen LogP contribution in [0.3, 0.4) is 0 Å². The van der Waals surface area contributed by atoms with Crippen LogP contribution in [0.2, 0.25) is 0 Å². The maximum atomic E-state index is 12.3. The topological polar surface area (TPSA) is 45.1 Å². The Labute approximate surface area is 101 Å². The maximum absolute atomic E-state index is 12.3. The van der Waals surface area contributed by atoms with Crippen LogP contribution in [0, 0.1) is 0 Å². The molecule has 1 aromatic heterocycles. The molecular formula is C10H13F3N2OS. The van der Waals surface area contributed by atoms with E-state index in [0.717, 1.165) is 25.5 Å². The van der Waals surface area contributed by atoms with E-state index in [1.165, 1.54) is 0 Å². The molecule has 1 aliphatic carbocycles. The highest BCUT2D eigenvalue weighted by molar-refractivity contribution is 7.15. The third kappa shape index (κ3) is 3.10. The summed E-state index contributed by atoms with van der Waals surface area (Å²) in [7, 11) is 0. The van der Waals surface area contributed by atoms with E-state index in [9.17, 15) is 18.3 Å². The van der Waals surface area contributed by atoms with Crippen LogP contribution in [0.15, 0.2) is 6.20 Å². The molecule has 1 aromatic rings. The third-order valence-corrected chi connectivity index (χ3v) is 3.80. The van der Waals surface area contributed by atoms with Crippen LogP contribution in [0.5, 0.6) is 0 Å². The van der Waals surface area contributed by atoms with Crippen LogP contribution in [0.1, 0.15) is 30.6 Å². The number of rotatable bonds is 2. The summed E-state index contributed by atoms with van der Waals surface area (Å²) >= 11 is 0.577. The Morgan fingerprint density at radius 1 is 1.35 bits per heavy atom. The van der Waals surface area contributed by atoms with E-state index in [-0.39, 0.29) is 11.2 Å². The molecule has 0 aromatic carbocycles. The number of anilines is 1. The van der Waals surface area contributed by atoms with Gasteiger partial charge in [-0.15, -0.1) is 0 Å². The maximum Gasteiger partial charge on any atom is 0.427 e. The number of alkyl halides is 3. The molecule has 2 rings (SSSR count). The number of halogens is 3. The van der Waals surface area contributed by atoms with Gasteiger partial charge >= 0.3 is 6.18 Å². The van der Waals surface area contributed by atoms with E-state index >= 15 is 0 Å². The molecule has 2 unspecified atom stereocenters. The van der Waals surface area contributed by atoms with Crippen molar-refractivity contribution in [3.8, 4) is 0 Å². The SMILES string of the molecule is OC1CCCCC1Nc1ncc(C(F)(F)F)s1. The first kappa shape index (κ1) is 12.6. The summed E-state index contributed by atoms with van der Waals surface area (Å²) in [6, 6.07) is -0.184. The number of nitrogens with one attached hydrogen (secondary N) is 1. The summed E-state index contributed by atoms with van der Waals surface area (Å²) in [5, 5.41) is 12.8.